The first-order valence-electron chi connectivity index (χ1n) is 7.32. The molecule has 1 rings (SSSR count). The van der Waals surface area contributed by atoms with Gasteiger partial charge in [-0.1, -0.05) is 19.1 Å². The summed E-state index contributed by atoms with van der Waals surface area (Å²) in [7, 11) is 1.73. The van der Waals surface area contributed by atoms with Gasteiger partial charge in [0, 0.05) is 26.2 Å². The quantitative estimate of drug-likeness (QED) is 0.755. The largest absolute Gasteiger partial charge is 0.491 e. The fraction of sp³-hybridized carbons (Fsp3) is 0.625. The number of hydrogen-bond donors (Lipinski definition) is 1. The normalized spacial score (nSPS) is 12.9. The lowest BCUT2D eigenvalue weighted by molar-refractivity contribution is 0.125. The number of nitrogens with two attached hydrogens (primary N) is 1. The number of benzene rings is 1. The second-order valence-corrected chi connectivity index (χ2v) is 5.11. The monoisotopic (exact) mass is 280 g/mol. The van der Waals surface area contributed by atoms with Gasteiger partial charge in [-0.2, -0.15) is 0 Å². The number of methoxy groups -OCH3 is 1. The predicted octanol–water partition coefficient (Wildman–Crippen LogP) is 2.44. The molecule has 1 aromatic rings. The van der Waals surface area contributed by atoms with E-state index in [4.69, 9.17) is 15.2 Å². The van der Waals surface area contributed by atoms with Crippen LogP contribution in [0.25, 0.3) is 0 Å². The molecule has 1 unspecified atom stereocenters. The number of likely N-dealkylation sites (N-methyl/N-ethyl adjacent to an activating group) is 1. The van der Waals surface area contributed by atoms with Gasteiger partial charge in [0.2, 0.25) is 0 Å². The summed E-state index contributed by atoms with van der Waals surface area (Å²) in [6.45, 7) is 9.37. The van der Waals surface area contributed by atoms with E-state index in [1.54, 1.807) is 7.11 Å². The topological polar surface area (TPSA) is 47.7 Å². The summed E-state index contributed by atoms with van der Waals surface area (Å²) in [5, 5.41) is 0. The van der Waals surface area contributed by atoms with Crippen LogP contribution in [0.4, 0.5) is 0 Å². The van der Waals surface area contributed by atoms with Crippen molar-refractivity contribution in [2.75, 3.05) is 33.4 Å². The minimum atomic E-state index is 0.194. The summed E-state index contributed by atoms with van der Waals surface area (Å²) < 4.78 is 10.8. The van der Waals surface area contributed by atoms with Crippen molar-refractivity contribution >= 4 is 0 Å². The van der Waals surface area contributed by atoms with E-state index in [0.717, 1.165) is 25.4 Å². The predicted molar refractivity (Wildman–Crippen MR) is 83.1 cm³/mol. The molecule has 20 heavy (non-hydrogen) atoms. The van der Waals surface area contributed by atoms with Crippen molar-refractivity contribution in [1.82, 2.24) is 4.90 Å². The van der Waals surface area contributed by atoms with Crippen LogP contribution in [0.5, 0.6) is 5.75 Å². The molecule has 0 heterocycles. The molecule has 0 saturated carbocycles. The fourth-order valence-electron chi connectivity index (χ4n) is 2.28. The number of ether oxygens (including phenoxy) is 2. The standard InChI is InChI=1S/C16H28N2O2/c1-5-18(10-11-19-4)16(12-17)14-6-8-15(9-7-14)20-13(2)3/h6-9,13,16H,5,10-12,17H2,1-4H3. The van der Waals surface area contributed by atoms with Crippen molar-refractivity contribution in [1.29, 1.82) is 0 Å². The molecule has 114 valence electrons. The molecular weight excluding hydrogens is 252 g/mol. The third-order valence-electron chi connectivity index (χ3n) is 3.29. The number of hydrogen-bond acceptors (Lipinski definition) is 4. The SMILES string of the molecule is CCN(CCOC)C(CN)c1ccc(OC(C)C)cc1. The van der Waals surface area contributed by atoms with E-state index in [2.05, 4.69) is 24.0 Å². The summed E-state index contributed by atoms with van der Waals surface area (Å²) in [6, 6.07) is 8.46. The minimum absolute atomic E-state index is 0.194. The first kappa shape index (κ1) is 17.0. The molecule has 0 spiro atoms. The van der Waals surface area contributed by atoms with Gasteiger partial charge in [0.25, 0.3) is 0 Å². The Morgan fingerprint density at radius 2 is 1.85 bits per heavy atom. The van der Waals surface area contributed by atoms with Gasteiger partial charge in [-0.3, -0.25) is 4.90 Å². The van der Waals surface area contributed by atoms with Gasteiger partial charge in [0.05, 0.1) is 12.7 Å². The lowest BCUT2D eigenvalue weighted by Crippen LogP contribution is -2.35. The number of nitrogens with zero attached hydrogens (tertiary/aromatic N) is 1. The van der Waals surface area contributed by atoms with Gasteiger partial charge in [-0.15, -0.1) is 0 Å². The molecule has 0 amide bonds. The Hall–Kier alpha value is -1.10. The summed E-state index contributed by atoms with van der Waals surface area (Å²) in [5.41, 5.74) is 7.18. The van der Waals surface area contributed by atoms with Crippen LogP contribution < -0.4 is 10.5 Å². The van der Waals surface area contributed by atoms with E-state index in [-0.39, 0.29) is 12.1 Å². The van der Waals surface area contributed by atoms with Crippen LogP contribution in [-0.4, -0.2) is 44.4 Å². The molecule has 0 saturated heterocycles. The Bertz CT molecular complexity index is 365. The average molecular weight is 280 g/mol. The molecule has 2 N–H and O–H groups in total. The van der Waals surface area contributed by atoms with E-state index >= 15 is 0 Å². The zero-order chi connectivity index (χ0) is 15.0. The van der Waals surface area contributed by atoms with E-state index in [1.807, 2.05) is 26.0 Å². The molecule has 1 atom stereocenters. The van der Waals surface area contributed by atoms with Crippen molar-refractivity contribution < 1.29 is 9.47 Å². The van der Waals surface area contributed by atoms with Crippen LogP contribution in [0.2, 0.25) is 0 Å². The van der Waals surface area contributed by atoms with Crippen molar-refractivity contribution in [2.24, 2.45) is 5.73 Å². The molecule has 0 aromatic heterocycles. The summed E-state index contributed by atoms with van der Waals surface area (Å²) in [5.74, 6) is 0.902. The summed E-state index contributed by atoms with van der Waals surface area (Å²) in [4.78, 5) is 2.34. The molecule has 0 bridgehead atoms. The molecule has 0 aliphatic heterocycles. The van der Waals surface area contributed by atoms with Gasteiger partial charge in [0.1, 0.15) is 5.75 Å². The van der Waals surface area contributed by atoms with Crippen LogP contribution in [0, 0.1) is 0 Å². The van der Waals surface area contributed by atoms with Crippen LogP contribution in [0.3, 0.4) is 0 Å². The summed E-state index contributed by atoms with van der Waals surface area (Å²) >= 11 is 0. The first-order valence-corrected chi connectivity index (χ1v) is 7.32. The van der Waals surface area contributed by atoms with E-state index in [9.17, 15) is 0 Å². The lowest BCUT2D eigenvalue weighted by Gasteiger charge is -2.30. The van der Waals surface area contributed by atoms with Crippen LogP contribution >= 0.6 is 0 Å². The molecule has 0 radical (unpaired) electrons. The van der Waals surface area contributed by atoms with E-state index in [1.165, 1.54) is 5.56 Å². The van der Waals surface area contributed by atoms with Gasteiger partial charge in [-0.05, 0) is 38.1 Å². The maximum Gasteiger partial charge on any atom is 0.119 e. The van der Waals surface area contributed by atoms with Gasteiger partial charge in [0.15, 0.2) is 0 Å². The molecule has 4 heteroatoms. The van der Waals surface area contributed by atoms with Gasteiger partial charge >= 0.3 is 0 Å². The van der Waals surface area contributed by atoms with Crippen molar-refractivity contribution in [3.63, 3.8) is 0 Å². The maximum absolute atomic E-state index is 5.96. The highest BCUT2D eigenvalue weighted by molar-refractivity contribution is 5.29. The second-order valence-electron chi connectivity index (χ2n) is 5.11. The zero-order valence-corrected chi connectivity index (χ0v) is 13.1. The Balaban J connectivity index is 2.77. The highest BCUT2D eigenvalue weighted by atomic mass is 16.5. The van der Waals surface area contributed by atoms with Crippen LogP contribution in [0.15, 0.2) is 24.3 Å². The Labute approximate surface area is 122 Å². The molecule has 1 aromatic carbocycles. The van der Waals surface area contributed by atoms with Crippen molar-refractivity contribution in [2.45, 2.75) is 32.9 Å². The molecule has 0 aliphatic carbocycles. The van der Waals surface area contributed by atoms with Gasteiger partial charge < -0.3 is 15.2 Å². The maximum atomic E-state index is 5.96. The van der Waals surface area contributed by atoms with Gasteiger partial charge in [-0.25, -0.2) is 0 Å². The van der Waals surface area contributed by atoms with Crippen molar-refractivity contribution in [3.05, 3.63) is 29.8 Å². The first-order chi connectivity index (χ1) is 9.62. The van der Waals surface area contributed by atoms with E-state index in [0.29, 0.717) is 6.54 Å². The molecular formula is C16H28N2O2. The van der Waals surface area contributed by atoms with Crippen molar-refractivity contribution in [3.8, 4) is 5.75 Å². The molecule has 0 fully saturated rings. The average Bonchev–Trinajstić information content (AvgIpc) is 2.44. The third kappa shape index (κ3) is 5.12. The summed E-state index contributed by atoms with van der Waals surface area (Å²) in [6.07, 6.45) is 0.194. The second kappa shape index (κ2) is 8.95. The lowest BCUT2D eigenvalue weighted by atomic mass is 10.1. The molecule has 0 aliphatic rings. The Kier molecular flexibility index (Phi) is 7.59. The zero-order valence-electron chi connectivity index (χ0n) is 13.1. The fourth-order valence-corrected chi connectivity index (χ4v) is 2.28. The smallest absolute Gasteiger partial charge is 0.119 e. The molecule has 4 nitrogen and oxygen atoms in total. The number of rotatable bonds is 9. The van der Waals surface area contributed by atoms with Crippen LogP contribution in [0.1, 0.15) is 32.4 Å². The highest BCUT2D eigenvalue weighted by Crippen LogP contribution is 2.22. The highest BCUT2D eigenvalue weighted by Gasteiger charge is 2.17. The Morgan fingerprint density at radius 1 is 1.20 bits per heavy atom. The van der Waals surface area contributed by atoms with Crippen LogP contribution in [-0.2, 0) is 4.74 Å². The minimum Gasteiger partial charge on any atom is -0.491 e. The van der Waals surface area contributed by atoms with E-state index < -0.39 is 0 Å². The third-order valence-corrected chi connectivity index (χ3v) is 3.29. The Morgan fingerprint density at radius 3 is 2.30 bits per heavy atom.